The molecule has 110 valence electrons. The Morgan fingerprint density at radius 3 is 2.55 bits per heavy atom. The minimum Gasteiger partial charge on any atom is -0.344 e. The summed E-state index contributed by atoms with van der Waals surface area (Å²) in [5, 5.41) is 10.1. The van der Waals surface area contributed by atoms with Crippen LogP contribution in [0.4, 0.5) is 0 Å². The van der Waals surface area contributed by atoms with Crippen molar-refractivity contribution in [2.75, 3.05) is 0 Å². The van der Waals surface area contributed by atoms with Gasteiger partial charge >= 0.3 is 0 Å². The van der Waals surface area contributed by atoms with Crippen molar-refractivity contribution in [1.82, 2.24) is 20.5 Å². The maximum atomic E-state index is 12.4. The Morgan fingerprint density at radius 1 is 1.14 bits per heavy atom. The first-order valence-electron chi connectivity index (χ1n) is 6.85. The topological polar surface area (TPSA) is 87.7 Å². The number of amides is 1. The second kappa shape index (κ2) is 5.77. The van der Waals surface area contributed by atoms with Crippen molar-refractivity contribution in [3.8, 4) is 0 Å². The van der Waals surface area contributed by atoms with Crippen LogP contribution in [-0.2, 0) is 0 Å². The third-order valence-electron chi connectivity index (χ3n) is 3.46. The van der Waals surface area contributed by atoms with E-state index in [1.807, 2.05) is 19.1 Å². The zero-order chi connectivity index (χ0) is 15.5. The van der Waals surface area contributed by atoms with Crippen LogP contribution in [0.5, 0.6) is 0 Å². The number of pyridine rings is 1. The number of carbonyl (C=O) groups excluding carboxylic acids is 1. The number of H-pyrrole nitrogens is 1. The lowest BCUT2D eigenvalue weighted by molar-refractivity contribution is 0.0935. The van der Waals surface area contributed by atoms with Crippen molar-refractivity contribution in [1.29, 1.82) is 0 Å². The summed E-state index contributed by atoms with van der Waals surface area (Å²) in [6, 6.07) is 10.4. The lowest BCUT2D eigenvalue weighted by Crippen LogP contribution is -2.29. The molecule has 0 aliphatic heterocycles. The van der Waals surface area contributed by atoms with Gasteiger partial charge in [0.05, 0.1) is 11.4 Å². The molecule has 3 aromatic rings. The summed E-state index contributed by atoms with van der Waals surface area (Å²) >= 11 is 0. The van der Waals surface area contributed by atoms with Crippen molar-refractivity contribution in [3.05, 3.63) is 70.4 Å². The molecule has 6 nitrogen and oxygen atoms in total. The van der Waals surface area contributed by atoms with Gasteiger partial charge in [0.1, 0.15) is 0 Å². The Kier molecular flexibility index (Phi) is 3.65. The van der Waals surface area contributed by atoms with Crippen LogP contribution in [0, 0.1) is 0 Å². The summed E-state index contributed by atoms with van der Waals surface area (Å²) in [5.74, 6) is -0.336. The molecule has 2 N–H and O–H groups in total. The summed E-state index contributed by atoms with van der Waals surface area (Å²) in [4.78, 5) is 28.1. The first-order chi connectivity index (χ1) is 10.7. The molecular weight excluding hydrogens is 280 g/mol. The highest BCUT2D eigenvalue weighted by molar-refractivity contribution is 6.04. The Bertz CT molecular complexity index is 874. The first-order valence-corrected chi connectivity index (χ1v) is 6.85. The number of hydrogen-bond donors (Lipinski definition) is 2. The third kappa shape index (κ3) is 2.58. The van der Waals surface area contributed by atoms with E-state index in [0.717, 1.165) is 5.56 Å². The Balaban J connectivity index is 1.93. The molecule has 2 aromatic heterocycles. The van der Waals surface area contributed by atoms with Gasteiger partial charge in [-0.25, -0.2) is 5.10 Å². The summed E-state index contributed by atoms with van der Waals surface area (Å²) in [5.41, 5.74) is 0.836. The van der Waals surface area contributed by atoms with Crippen LogP contribution in [0.25, 0.3) is 10.8 Å². The van der Waals surface area contributed by atoms with E-state index >= 15 is 0 Å². The van der Waals surface area contributed by atoms with Crippen LogP contribution in [0.15, 0.2) is 53.6 Å². The molecular formula is C16H14N4O2. The fraction of sp³-hybridized carbons (Fsp3) is 0.125. The predicted octanol–water partition coefficient (Wildman–Crippen LogP) is 1.81. The van der Waals surface area contributed by atoms with E-state index in [0.29, 0.717) is 10.8 Å². The number of nitrogens with one attached hydrogen (secondary N) is 2. The molecule has 0 fully saturated rings. The molecule has 2 heterocycles. The molecule has 0 radical (unpaired) electrons. The normalized spacial score (nSPS) is 12.0. The molecule has 3 rings (SSSR count). The van der Waals surface area contributed by atoms with Gasteiger partial charge in [-0.1, -0.05) is 18.2 Å². The molecule has 1 atom stereocenters. The Morgan fingerprint density at radius 2 is 1.82 bits per heavy atom. The van der Waals surface area contributed by atoms with Crippen molar-refractivity contribution in [2.45, 2.75) is 13.0 Å². The maximum Gasteiger partial charge on any atom is 0.272 e. The second-order valence-corrected chi connectivity index (χ2v) is 4.92. The highest BCUT2D eigenvalue weighted by atomic mass is 16.2. The van der Waals surface area contributed by atoms with Crippen molar-refractivity contribution < 1.29 is 4.79 Å². The second-order valence-electron chi connectivity index (χ2n) is 4.92. The highest BCUT2D eigenvalue weighted by Gasteiger charge is 2.16. The zero-order valence-electron chi connectivity index (χ0n) is 11.9. The summed E-state index contributed by atoms with van der Waals surface area (Å²) in [6.07, 6.45) is 3.34. The molecule has 1 aromatic carbocycles. The van der Waals surface area contributed by atoms with Gasteiger partial charge < -0.3 is 5.32 Å². The van der Waals surface area contributed by atoms with Gasteiger partial charge in [0, 0.05) is 17.8 Å². The van der Waals surface area contributed by atoms with Crippen LogP contribution in [-0.4, -0.2) is 21.1 Å². The van der Waals surface area contributed by atoms with E-state index in [4.69, 9.17) is 0 Å². The first kappa shape index (κ1) is 13.9. The van der Waals surface area contributed by atoms with E-state index in [2.05, 4.69) is 20.5 Å². The minimum absolute atomic E-state index is 0.192. The van der Waals surface area contributed by atoms with Crippen molar-refractivity contribution in [3.63, 3.8) is 0 Å². The number of fused-ring (bicyclic) bond motifs is 1. The molecule has 22 heavy (non-hydrogen) atoms. The standard InChI is InChI=1S/C16H14N4O2/c1-10(11-6-8-17-9-7-11)18-16(22)14-12-4-2-3-5-13(12)15(21)20-19-14/h2-10H,1H3,(H,18,22)(H,20,21)/t10-/m0/s1. The minimum atomic E-state index is -0.336. The van der Waals surface area contributed by atoms with E-state index < -0.39 is 0 Å². The van der Waals surface area contributed by atoms with Crippen LogP contribution in [0.3, 0.4) is 0 Å². The monoisotopic (exact) mass is 294 g/mol. The largest absolute Gasteiger partial charge is 0.344 e. The molecule has 0 spiro atoms. The molecule has 0 saturated carbocycles. The number of rotatable bonds is 3. The van der Waals surface area contributed by atoms with E-state index in [-0.39, 0.29) is 23.2 Å². The molecule has 1 amide bonds. The summed E-state index contributed by atoms with van der Waals surface area (Å²) < 4.78 is 0. The van der Waals surface area contributed by atoms with E-state index in [9.17, 15) is 9.59 Å². The molecule has 0 bridgehead atoms. The smallest absolute Gasteiger partial charge is 0.272 e. The maximum absolute atomic E-state index is 12.4. The van der Waals surface area contributed by atoms with Gasteiger partial charge in [0.2, 0.25) is 0 Å². The van der Waals surface area contributed by atoms with Gasteiger partial charge in [-0.2, -0.15) is 5.10 Å². The molecule has 6 heteroatoms. The molecule has 0 aliphatic carbocycles. The number of aromatic nitrogens is 3. The number of nitrogens with zero attached hydrogens (tertiary/aromatic N) is 2. The van der Waals surface area contributed by atoms with Gasteiger partial charge in [0.15, 0.2) is 5.69 Å². The van der Waals surface area contributed by atoms with Crippen LogP contribution < -0.4 is 10.9 Å². The van der Waals surface area contributed by atoms with Gasteiger partial charge in [-0.05, 0) is 30.7 Å². The van der Waals surface area contributed by atoms with Gasteiger partial charge in [-0.15, -0.1) is 0 Å². The average Bonchev–Trinajstić information content (AvgIpc) is 2.56. The van der Waals surface area contributed by atoms with Gasteiger partial charge in [-0.3, -0.25) is 14.6 Å². The lowest BCUT2D eigenvalue weighted by Gasteiger charge is -2.14. The zero-order valence-corrected chi connectivity index (χ0v) is 11.9. The summed E-state index contributed by atoms with van der Waals surface area (Å²) in [6.45, 7) is 1.88. The fourth-order valence-electron chi connectivity index (χ4n) is 2.29. The van der Waals surface area contributed by atoms with Gasteiger partial charge in [0.25, 0.3) is 11.5 Å². The van der Waals surface area contributed by atoms with Crippen LogP contribution in [0.2, 0.25) is 0 Å². The molecule has 0 saturated heterocycles. The fourth-order valence-corrected chi connectivity index (χ4v) is 2.29. The molecule has 0 aliphatic rings. The quantitative estimate of drug-likeness (QED) is 0.771. The van der Waals surface area contributed by atoms with E-state index in [1.165, 1.54) is 0 Å². The van der Waals surface area contributed by atoms with Crippen molar-refractivity contribution >= 4 is 16.7 Å². The third-order valence-corrected chi connectivity index (χ3v) is 3.46. The number of hydrogen-bond acceptors (Lipinski definition) is 4. The number of benzene rings is 1. The van der Waals surface area contributed by atoms with E-state index in [1.54, 1.807) is 36.7 Å². The predicted molar refractivity (Wildman–Crippen MR) is 82.5 cm³/mol. The number of carbonyl (C=O) groups is 1. The van der Waals surface area contributed by atoms with Crippen LogP contribution in [0.1, 0.15) is 29.0 Å². The number of aromatic amines is 1. The average molecular weight is 294 g/mol. The highest BCUT2D eigenvalue weighted by Crippen LogP contribution is 2.15. The summed E-state index contributed by atoms with van der Waals surface area (Å²) in [7, 11) is 0. The van der Waals surface area contributed by atoms with Crippen molar-refractivity contribution in [2.24, 2.45) is 0 Å². The Labute approximate surface area is 126 Å². The molecule has 0 unspecified atom stereocenters. The lowest BCUT2D eigenvalue weighted by atomic mass is 10.1. The Hall–Kier alpha value is -3.02. The van der Waals surface area contributed by atoms with Crippen LogP contribution >= 0.6 is 0 Å². The SMILES string of the molecule is C[C@H](NC(=O)c1n[nH]c(=O)c2ccccc12)c1ccncc1.